The van der Waals surface area contributed by atoms with Gasteiger partial charge in [0.1, 0.15) is 0 Å². The Labute approximate surface area is 101 Å². The van der Waals surface area contributed by atoms with Crippen LogP contribution in [0.25, 0.3) is 0 Å². The summed E-state index contributed by atoms with van der Waals surface area (Å²) in [6, 6.07) is 0.592. The molecule has 0 saturated carbocycles. The Morgan fingerprint density at radius 2 is 2.25 bits per heavy atom. The van der Waals surface area contributed by atoms with E-state index in [0.29, 0.717) is 23.8 Å². The van der Waals surface area contributed by atoms with Gasteiger partial charge < -0.3 is 15.4 Å². The molecular weight excluding hydrogens is 223 g/mol. The Bertz CT molecular complexity index is 301. The van der Waals surface area contributed by atoms with Crippen molar-refractivity contribution in [1.82, 2.24) is 10.6 Å². The number of carbonyl (C=O) groups is 2. The third-order valence-corrected chi connectivity index (χ3v) is 4.71. The van der Waals surface area contributed by atoms with Crippen LogP contribution in [0.2, 0.25) is 0 Å². The maximum atomic E-state index is 11.1. The minimum Gasteiger partial charge on any atom is -0.332 e. The summed E-state index contributed by atoms with van der Waals surface area (Å²) in [7, 11) is 1.64. The topological polar surface area (TPSA) is 58.2 Å². The molecular formula is C10H17BN2O2S. The standard InChI is InChI=1S/C10H17BN2O2S/c11-8(14)4-2-1-3-7-9-6(5-16-7)12-10(15)13-9/h6-7,9H,1-5,11H2,(H2,12,13,15)/t6-,7-,9-/m0/s1. The van der Waals surface area contributed by atoms with Crippen LogP contribution in [0.1, 0.15) is 25.7 Å². The van der Waals surface area contributed by atoms with E-state index >= 15 is 0 Å². The zero-order valence-corrected chi connectivity index (χ0v) is 10.3. The lowest BCUT2D eigenvalue weighted by molar-refractivity contribution is -0.111. The van der Waals surface area contributed by atoms with Crippen molar-refractivity contribution in [2.75, 3.05) is 5.75 Å². The van der Waals surface area contributed by atoms with E-state index in [1.807, 2.05) is 11.8 Å². The van der Waals surface area contributed by atoms with Gasteiger partial charge in [0.15, 0.2) is 7.85 Å². The molecule has 0 bridgehead atoms. The largest absolute Gasteiger partial charge is 0.332 e. The molecule has 0 radical (unpaired) electrons. The van der Waals surface area contributed by atoms with Gasteiger partial charge in [-0.1, -0.05) is 6.42 Å². The Morgan fingerprint density at radius 3 is 3.00 bits per heavy atom. The number of amides is 2. The fourth-order valence-electron chi connectivity index (χ4n) is 2.36. The maximum Gasteiger partial charge on any atom is 0.315 e. The van der Waals surface area contributed by atoms with Crippen molar-refractivity contribution < 1.29 is 9.59 Å². The SMILES string of the molecule is BC(=O)CCCC[C@@H]1SC[C@@H]2NC(=O)N[C@@H]21. The summed E-state index contributed by atoms with van der Waals surface area (Å²) in [5.74, 6) is 1.01. The van der Waals surface area contributed by atoms with Crippen LogP contribution >= 0.6 is 11.8 Å². The number of nitrogens with one attached hydrogen (secondary N) is 2. The predicted molar refractivity (Wildman–Crippen MR) is 67.5 cm³/mol. The number of carbonyl (C=O) groups excluding carboxylic acids is 2. The van der Waals surface area contributed by atoms with Gasteiger partial charge in [0, 0.05) is 11.0 Å². The summed E-state index contributed by atoms with van der Waals surface area (Å²) in [4.78, 5) is 21.9. The highest BCUT2D eigenvalue weighted by Gasteiger charge is 2.42. The van der Waals surface area contributed by atoms with Crippen LogP contribution in [-0.4, -0.2) is 42.6 Å². The van der Waals surface area contributed by atoms with Crippen LogP contribution in [0.5, 0.6) is 0 Å². The van der Waals surface area contributed by atoms with Gasteiger partial charge in [-0.25, -0.2) is 4.79 Å². The molecule has 2 saturated heterocycles. The van der Waals surface area contributed by atoms with E-state index in [9.17, 15) is 9.59 Å². The van der Waals surface area contributed by atoms with Crippen molar-refractivity contribution in [3.63, 3.8) is 0 Å². The minimum absolute atomic E-state index is 0.0240. The highest BCUT2D eigenvalue weighted by atomic mass is 32.2. The number of unbranched alkanes of at least 4 members (excludes halogenated alkanes) is 1. The van der Waals surface area contributed by atoms with E-state index in [4.69, 9.17) is 0 Å². The van der Waals surface area contributed by atoms with E-state index in [1.165, 1.54) is 0 Å². The van der Waals surface area contributed by atoms with Crippen LogP contribution in [0, 0.1) is 0 Å². The third kappa shape index (κ3) is 2.72. The van der Waals surface area contributed by atoms with Gasteiger partial charge in [0.25, 0.3) is 0 Å². The summed E-state index contributed by atoms with van der Waals surface area (Å²) in [6.07, 6.45) is 3.85. The second kappa shape index (κ2) is 5.12. The third-order valence-electron chi connectivity index (χ3n) is 3.21. The van der Waals surface area contributed by atoms with Crippen molar-refractivity contribution in [2.45, 2.75) is 43.0 Å². The van der Waals surface area contributed by atoms with Crippen molar-refractivity contribution >= 4 is 31.3 Å². The summed E-state index contributed by atoms with van der Waals surface area (Å²) in [5, 5.41) is 6.43. The van der Waals surface area contributed by atoms with Crippen LogP contribution < -0.4 is 10.6 Å². The van der Waals surface area contributed by atoms with Gasteiger partial charge in [-0.05, 0) is 19.3 Å². The smallest absolute Gasteiger partial charge is 0.315 e. The number of rotatable bonds is 5. The van der Waals surface area contributed by atoms with Gasteiger partial charge in [0.2, 0.25) is 0 Å². The second-order valence-corrected chi connectivity index (χ2v) is 5.84. The molecule has 0 spiro atoms. The van der Waals surface area contributed by atoms with Crippen molar-refractivity contribution in [3.05, 3.63) is 0 Å². The first kappa shape index (κ1) is 11.8. The number of fused-ring (bicyclic) bond motifs is 1. The van der Waals surface area contributed by atoms with E-state index in [-0.39, 0.29) is 11.7 Å². The van der Waals surface area contributed by atoms with E-state index in [1.54, 1.807) is 7.85 Å². The molecule has 0 aliphatic carbocycles. The minimum atomic E-state index is -0.0240. The number of hydrogen-bond donors (Lipinski definition) is 2. The first-order valence-electron chi connectivity index (χ1n) is 5.85. The Morgan fingerprint density at radius 1 is 1.44 bits per heavy atom. The zero-order valence-electron chi connectivity index (χ0n) is 9.49. The molecule has 2 amide bonds. The molecule has 6 heteroatoms. The van der Waals surface area contributed by atoms with E-state index < -0.39 is 0 Å². The Kier molecular flexibility index (Phi) is 3.79. The molecule has 0 aromatic carbocycles. The van der Waals surface area contributed by atoms with E-state index in [2.05, 4.69) is 10.6 Å². The highest BCUT2D eigenvalue weighted by Crippen LogP contribution is 2.33. The molecule has 2 rings (SSSR count). The lowest BCUT2D eigenvalue weighted by Gasteiger charge is -2.16. The maximum absolute atomic E-state index is 11.1. The lowest BCUT2D eigenvalue weighted by Crippen LogP contribution is -2.36. The van der Waals surface area contributed by atoms with Gasteiger partial charge in [-0.15, -0.1) is 0 Å². The van der Waals surface area contributed by atoms with Gasteiger partial charge in [0.05, 0.1) is 17.8 Å². The first-order chi connectivity index (χ1) is 7.66. The zero-order chi connectivity index (χ0) is 11.5. The molecule has 2 fully saturated rings. The van der Waals surface area contributed by atoms with Crippen molar-refractivity contribution in [3.8, 4) is 0 Å². The van der Waals surface area contributed by atoms with Crippen molar-refractivity contribution in [2.24, 2.45) is 0 Å². The molecule has 4 nitrogen and oxygen atoms in total. The molecule has 0 aromatic heterocycles. The quantitative estimate of drug-likeness (QED) is 0.400. The highest BCUT2D eigenvalue weighted by molar-refractivity contribution is 8.00. The molecule has 0 unspecified atom stereocenters. The van der Waals surface area contributed by atoms with Crippen LogP contribution in [0.15, 0.2) is 0 Å². The molecule has 88 valence electrons. The monoisotopic (exact) mass is 240 g/mol. The number of urea groups is 1. The first-order valence-corrected chi connectivity index (χ1v) is 6.90. The molecule has 3 atom stereocenters. The van der Waals surface area contributed by atoms with Crippen LogP contribution in [0.3, 0.4) is 0 Å². The number of thioether (sulfide) groups is 1. The average Bonchev–Trinajstić information content (AvgIpc) is 2.72. The summed E-state index contributed by atoms with van der Waals surface area (Å²) >= 11 is 1.93. The Hall–Kier alpha value is -0.645. The van der Waals surface area contributed by atoms with Gasteiger partial charge >= 0.3 is 6.03 Å². The fourth-order valence-corrected chi connectivity index (χ4v) is 3.91. The molecule has 2 N–H and O–H groups in total. The fraction of sp³-hybridized carbons (Fsp3) is 0.800. The summed E-state index contributed by atoms with van der Waals surface area (Å²) in [6.45, 7) is 0. The summed E-state index contributed by atoms with van der Waals surface area (Å²) in [5.41, 5.74) is 0.271. The molecule has 16 heavy (non-hydrogen) atoms. The van der Waals surface area contributed by atoms with Gasteiger partial charge in [-0.2, -0.15) is 11.8 Å². The molecule has 2 aliphatic rings. The van der Waals surface area contributed by atoms with E-state index in [0.717, 1.165) is 25.0 Å². The van der Waals surface area contributed by atoms with Crippen molar-refractivity contribution in [1.29, 1.82) is 0 Å². The number of hydrogen-bond acceptors (Lipinski definition) is 3. The predicted octanol–water partition coefficient (Wildman–Crippen LogP) is -0.128. The average molecular weight is 240 g/mol. The molecule has 0 aromatic rings. The van der Waals surface area contributed by atoms with Gasteiger partial charge in [-0.3, -0.25) is 0 Å². The van der Waals surface area contributed by atoms with Crippen LogP contribution in [-0.2, 0) is 4.79 Å². The summed E-state index contributed by atoms with van der Waals surface area (Å²) < 4.78 is 0. The normalized spacial score (nSPS) is 32.0. The van der Waals surface area contributed by atoms with Crippen LogP contribution in [0.4, 0.5) is 4.79 Å². The lowest BCUT2D eigenvalue weighted by atomic mass is 9.95. The second-order valence-electron chi connectivity index (χ2n) is 4.57. The molecule has 2 aliphatic heterocycles. The Balaban J connectivity index is 1.70. The molecule has 2 heterocycles.